The number of hydrogen-bond acceptors (Lipinski definition) is 3. The third-order valence-electron chi connectivity index (χ3n) is 3.15. The first kappa shape index (κ1) is 11.1. The van der Waals surface area contributed by atoms with Gasteiger partial charge in [0, 0.05) is 31.2 Å². The Morgan fingerprint density at radius 3 is 2.81 bits per heavy atom. The molecule has 2 heterocycles. The first-order chi connectivity index (χ1) is 7.83. The first-order valence-electron chi connectivity index (χ1n) is 5.84. The average Bonchev–Trinajstić information content (AvgIpc) is 2.85. The number of nitrogens with zero attached hydrogens (tertiary/aromatic N) is 2. The van der Waals surface area contributed by atoms with E-state index in [2.05, 4.69) is 27.8 Å². The van der Waals surface area contributed by atoms with E-state index in [9.17, 15) is 0 Å². The minimum Gasteiger partial charge on any atom is -0.374 e. The van der Waals surface area contributed by atoms with Crippen molar-refractivity contribution in [1.29, 1.82) is 0 Å². The molecule has 0 spiro atoms. The van der Waals surface area contributed by atoms with Crippen LogP contribution in [0, 0.1) is 0 Å². The van der Waals surface area contributed by atoms with Crippen molar-refractivity contribution in [2.24, 2.45) is 0 Å². The Morgan fingerprint density at radius 1 is 1.50 bits per heavy atom. The molecule has 0 saturated carbocycles. The molecule has 0 amide bonds. The summed E-state index contributed by atoms with van der Waals surface area (Å²) in [5.41, 5.74) is 2.34. The molecule has 1 aromatic rings. The lowest BCUT2D eigenvalue weighted by atomic mass is 10.1. The van der Waals surface area contributed by atoms with Gasteiger partial charge in [0.25, 0.3) is 0 Å². The van der Waals surface area contributed by atoms with E-state index >= 15 is 0 Å². The van der Waals surface area contributed by atoms with Crippen molar-refractivity contribution < 1.29 is 0 Å². The maximum atomic E-state index is 4.22. The van der Waals surface area contributed by atoms with E-state index in [0.717, 1.165) is 18.8 Å². The lowest BCUT2D eigenvalue weighted by Gasteiger charge is -2.27. The van der Waals surface area contributed by atoms with Gasteiger partial charge in [0.2, 0.25) is 0 Å². The molecule has 86 valence electrons. The van der Waals surface area contributed by atoms with Gasteiger partial charge < -0.3 is 10.2 Å². The van der Waals surface area contributed by atoms with Gasteiger partial charge in [-0.1, -0.05) is 12.6 Å². The number of rotatable bonds is 4. The minimum atomic E-state index is 0.187. The third kappa shape index (κ3) is 2.25. The summed E-state index contributed by atoms with van der Waals surface area (Å²) in [7, 11) is 1.97. The molecule has 1 unspecified atom stereocenters. The summed E-state index contributed by atoms with van der Waals surface area (Å²) in [4.78, 5) is 6.53. The Bertz CT molecular complexity index is 341. The molecule has 1 atom stereocenters. The number of aromatic nitrogens is 1. The van der Waals surface area contributed by atoms with Gasteiger partial charge in [0.1, 0.15) is 0 Å². The van der Waals surface area contributed by atoms with Crippen molar-refractivity contribution in [3.63, 3.8) is 0 Å². The van der Waals surface area contributed by atoms with E-state index in [1.54, 1.807) is 6.20 Å². The van der Waals surface area contributed by atoms with Crippen molar-refractivity contribution in [3.05, 3.63) is 42.4 Å². The quantitative estimate of drug-likeness (QED) is 0.835. The first-order valence-corrected chi connectivity index (χ1v) is 5.84. The van der Waals surface area contributed by atoms with E-state index in [1.807, 2.05) is 19.3 Å². The zero-order chi connectivity index (χ0) is 11.4. The monoisotopic (exact) mass is 217 g/mol. The number of hydrogen-bond donors (Lipinski definition) is 1. The van der Waals surface area contributed by atoms with Crippen LogP contribution in [0.1, 0.15) is 24.4 Å². The van der Waals surface area contributed by atoms with Crippen LogP contribution >= 0.6 is 0 Å². The summed E-state index contributed by atoms with van der Waals surface area (Å²) < 4.78 is 0. The fraction of sp³-hybridized carbons (Fsp3) is 0.462. The molecule has 0 aliphatic carbocycles. The van der Waals surface area contributed by atoms with Crippen LogP contribution in [0.15, 0.2) is 36.8 Å². The van der Waals surface area contributed by atoms with Crippen LogP contribution < -0.4 is 5.32 Å². The lowest BCUT2D eigenvalue weighted by Crippen LogP contribution is -2.29. The summed E-state index contributed by atoms with van der Waals surface area (Å²) in [5, 5.41) is 3.31. The second-order valence-electron chi connectivity index (χ2n) is 4.19. The van der Waals surface area contributed by atoms with Crippen LogP contribution in [0.3, 0.4) is 0 Å². The van der Waals surface area contributed by atoms with Crippen LogP contribution in [0.2, 0.25) is 0 Å². The molecule has 0 aromatic carbocycles. The lowest BCUT2D eigenvalue weighted by molar-refractivity contribution is 0.380. The van der Waals surface area contributed by atoms with Gasteiger partial charge in [0.15, 0.2) is 0 Å². The Balaban J connectivity index is 2.13. The van der Waals surface area contributed by atoms with Crippen molar-refractivity contribution >= 4 is 0 Å². The van der Waals surface area contributed by atoms with E-state index < -0.39 is 0 Å². The predicted octanol–water partition coefficient (Wildman–Crippen LogP) is 1.95. The van der Waals surface area contributed by atoms with E-state index in [4.69, 9.17) is 0 Å². The smallest absolute Gasteiger partial charge is 0.0734 e. The summed E-state index contributed by atoms with van der Waals surface area (Å²) in [6.45, 7) is 6.49. The second-order valence-corrected chi connectivity index (χ2v) is 4.19. The fourth-order valence-electron chi connectivity index (χ4n) is 2.26. The molecule has 1 fully saturated rings. The SMILES string of the molecule is C=C(C(NC)c1cccnc1)N1CCCC1. The fourth-order valence-corrected chi connectivity index (χ4v) is 2.26. The summed E-state index contributed by atoms with van der Waals surface area (Å²) >= 11 is 0. The molecule has 0 bridgehead atoms. The van der Waals surface area contributed by atoms with Crippen molar-refractivity contribution in [3.8, 4) is 0 Å². The van der Waals surface area contributed by atoms with Crippen LogP contribution in [-0.4, -0.2) is 30.0 Å². The highest BCUT2D eigenvalue weighted by Crippen LogP contribution is 2.25. The van der Waals surface area contributed by atoms with E-state index in [-0.39, 0.29) is 6.04 Å². The van der Waals surface area contributed by atoms with Gasteiger partial charge in [-0.15, -0.1) is 0 Å². The van der Waals surface area contributed by atoms with Crippen molar-refractivity contribution in [1.82, 2.24) is 15.2 Å². The van der Waals surface area contributed by atoms with Gasteiger partial charge >= 0.3 is 0 Å². The van der Waals surface area contributed by atoms with Crippen LogP contribution in [0.5, 0.6) is 0 Å². The summed E-state index contributed by atoms with van der Waals surface area (Å²) in [5.74, 6) is 0. The number of pyridine rings is 1. The molecule has 1 aliphatic heterocycles. The van der Waals surface area contributed by atoms with Gasteiger partial charge in [-0.3, -0.25) is 4.98 Å². The molecule has 1 aliphatic rings. The second kappa shape index (κ2) is 5.12. The molecule has 3 nitrogen and oxygen atoms in total. The number of nitrogens with one attached hydrogen (secondary N) is 1. The van der Waals surface area contributed by atoms with Gasteiger partial charge in [-0.2, -0.15) is 0 Å². The highest BCUT2D eigenvalue weighted by atomic mass is 15.2. The third-order valence-corrected chi connectivity index (χ3v) is 3.15. The zero-order valence-corrected chi connectivity index (χ0v) is 9.82. The molecule has 1 aromatic heterocycles. The molecule has 2 rings (SSSR count). The molecule has 3 heteroatoms. The molecule has 1 N–H and O–H groups in total. The average molecular weight is 217 g/mol. The van der Waals surface area contributed by atoms with Gasteiger partial charge in [0.05, 0.1) is 6.04 Å². The van der Waals surface area contributed by atoms with Crippen molar-refractivity contribution in [2.45, 2.75) is 18.9 Å². The van der Waals surface area contributed by atoms with Crippen LogP contribution in [0.4, 0.5) is 0 Å². The Labute approximate surface area is 97.2 Å². The van der Waals surface area contributed by atoms with E-state index in [0.29, 0.717) is 0 Å². The molecule has 1 saturated heterocycles. The van der Waals surface area contributed by atoms with Crippen molar-refractivity contribution in [2.75, 3.05) is 20.1 Å². The topological polar surface area (TPSA) is 28.2 Å². The highest BCUT2D eigenvalue weighted by Gasteiger charge is 2.21. The van der Waals surface area contributed by atoms with Crippen LogP contribution in [0.25, 0.3) is 0 Å². The summed E-state index contributed by atoms with van der Waals surface area (Å²) in [6, 6.07) is 4.25. The molecule has 0 radical (unpaired) electrons. The molecule has 16 heavy (non-hydrogen) atoms. The summed E-state index contributed by atoms with van der Waals surface area (Å²) in [6.07, 6.45) is 6.27. The predicted molar refractivity (Wildman–Crippen MR) is 66.0 cm³/mol. The standard InChI is InChI=1S/C13H19N3/c1-11(16-8-3-4-9-16)13(14-2)12-6-5-7-15-10-12/h5-7,10,13-14H,1,3-4,8-9H2,2H3. The Hall–Kier alpha value is -1.35. The Morgan fingerprint density at radius 2 is 2.25 bits per heavy atom. The Kier molecular flexibility index (Phi) is 3.57. The number of likely N-dealkylation sites (tertiary alicyclic amines) is 1. The maximum Gasteiger partial charge on any atom is 0.0734 e. The molecular weight excluding hydrogens is 198 g/mol. The van der Waals surface area contributed by atoms with E-state index in [1.165, 1.54) is 18.4 Å². The maximum absolute atomic E-state index is 4.22. The normalized spacial score (nSPS) is 17.4. The highest BCUT2D eigenvalue weighted by molar-refractivity contribution is 5.23. The minimum absolute atomic E-state index is 0.187. The van der Waals surface area contributed by atoms with Crippen LogP contribution in [-0.2, 0) is 0 Å². The zero-order valence-electron chi connectivity index (χ0n) is 9.82. The largest absolute Gasteiger partial charge is 0.374 e. The molecular formula is C13H19N3. The van der Waals surface area contributed by atoms with Gasteiger partial charge in [-0.25, -0.2) is 0 Å². The van der Waals surface area contributed by atoms with Gasteiger partial charge in [-0.05, 0) is 31.5 Å². The number of likely N-dealkylation sites (N-methyl/N-ethyl adjacent to an activating group) is 1.